The molecule has 4 heteroatoms. The molecule has 0 spiro atoms. The molecule has 2 rings (SSSR count). The third-order valence-electron chi connectivity index (χ3n) is 3.45. The summed E-state index contributed by atoms with van der Waals surface area (Å²) in [5, 5.41) is 3.28. The molecule has 0 saturated heterocycles. The average molecular weight is 376 g/mol. The highest BCUT2D eigenvalue weighted by Crippen LogP contribution is 2.34. The number of benzene rings is 2. The maximum Gasteiger partial charge on any atom is 0.162 e. The second-order valence-corrected chi connectivity index (χ2v) is 6.14. The average Bonchev–Trinajstić information content (AvgIpc) is 2.56. The molecule has 122 valence electrons. The summed E-state index contributed by atoms with van der Waals surface area (Å²) in [7, 11) is 1.66. The zero-order chi connectivity index (χ0) is 16.7. The van der Waals surface area contributed by atoms with E-state index in [0.717, 1.165) is 40.2 Å². The summed E-state index contributed by atoms with van der Waals surface area (Å²) < 4.78 is 12.4. The van der Waals surface area contributed by atoms with Gasteiger partial charge in [-0.1, -0.05) is 51.8 Å². The van der Waals surface area contributed by atoms with Crippen LogP contribution in [0.25, 0.3) is 0 Å². The summed E-state index contributed by atoms with van der Waals surface area (Å²) in [5.41, 5.74) is 3.49. The minimum Gasteiger partial charge on any atom is -0.493 e. The van der Waals surface area contributed by atoms with Crippen LogP contribution in [-0.4, -0.2) is 13.7 Å². The third-order valence-corrected chi connectivity index (χ3v) is 4.19. The van der Waals surface area contributed by atoms with E-state index in [1.165, 1.54) is 5.56 Å². The number of hydrogen-bond donors (Lipinski definition) is 1. The van der Waals surface area contributed by atoms with Crippen molar-refractivity contribution in [1.82, 2.24) is 5.32 Å². The van der Waals surface area contributed by atoms with Crippen molar-refractivity contribution in [1.29, 1.82) is 0 Å². The van der Waals surface area contributed by atoms with Crippen LogP contribution >= 0.6 is 15.9 Å². The molecule has 0 aliphatic heterocycles. The Morgan fingerprint density at radius 1 is 1.17 bits per heavy atom. The number of methoxy groups -OCH3 is 1. The first-order chi connectivity index (χ1) is 11.1. The second kappa shape index (κ2) is 8.75. The Labute approximate surface area is 146 Å². The first-order valence-electron chi connectivity index (χ1n) is 7.50. The summed E-state index contributed by atoms with van der Waals surface area (Å²) in [6.45, 7) is 7.79. The molecule has 0 fully saturated rings. The maximum atomic E-state index is 5.92. The molecular weight excluding hydrogens is 354 g/mol. The van der Waals surface area contributed by atoms with Gasteiger partial charge in [0.25, 0.3) is 0 Å². The Morgan fingerprint density at radius 2 is 1.91 bits per heavy atom. The zero-order valence-electron chi connectivity index (χ0n) is 13.6. The quantitative estimate of drug-likeness (QED) is 0.539. The molecule has 2 aromatic carbocycles. The number of nitrogens with one attached hydrogen (secondary N) is 1. The summed E-state index contributed by atoms with van der Waals surface area (Å²) in [6, 6.07) is 12.3. The van der Waals surface area contributed by atoms with Gasteiger partial charge in [0.2, 0.25) is 0 Å². The van der Waals surface area contributed by atoms with Crippen molar-refractivity contribution in [3.05, 3.63) is 70.2 Å². The van der Waals surface area contributed by atoms with Crippen LogP contribution in [0, 0.1) is 6.92 Å². The minimum atomic E-state index is 0.511. The Morgan fingerprint density at radius 3 is 2.57 bits per heavy atom. The van der Waals surface area contributed by atoms with Crippen LogP contribution < -0.4 is 14.8 Å². The van der Waals surface area contributed by atoms with Gasteiger partial charge in [0.05, 0.1) is 7.11 Å². The molecular formula is C19H22BrNO2. The summed E-state index contributed by atoms with van der Waals surface area (Å²) in [5.74, 6) is 1.46. The fourth-order valence-electron chi connectivity index (χ4n) is 2.14. The Kier molecular flexibility index (Phi) is 6.68. The molecule has 0 radical (unpaired) electrons. The molecule has 0 aromatic heterocycles. The van der Waals surface area contributed by atoms with Crippen LogP contribution in [0.15, 0.2) is 53.5 Å². The van der Waals surface area contributed by atoms with E-state index in [2.05, 4.69) is 59.0 Å². The van der Waals surface area contributed by atoms with Gasteiger partial charge in [0.15, 0.2) is 11.5 Å². The van der Waals surface area contributed by atoms with E-state index in [1.54, 1.807) is 7.11 Å². The van der Waals surface area contributed by atoms with Crippen molar-refractivity contribution >= 4 is 15.9 Å². The second-order valence-electron chi connectivity index (χ2n) is 5.29. The van der Waals surface area contributed by atoms with E-state index in [4.69, 9.17) is 9.47 Å². The Bertz CT molecular complexity index is 653. The topological polar surface area (TPSA) is 30.5 Å². The van der Waals surface area contributed by atoms with Crippen molar-refractivity contribution in [2.24, 2.45) is 0 Å². The van der Waals surface area contributed by atoms with Crippen molar-refractivity contribution < 1.29 is 9.47 Å². The molecule has 0 aliphatic rings. The number of rotatable bonds is 8. The maximum absolute atomic E-state index is 5.92. The third kappa shape index (κ3) is 5.12. The molecule has 1 N–H and O–H groups in total. The molecule has 0 bridgehead atoms. The van der Waals surface area contributed by atoms with Crippen LogP contribution in [0.3, 0.4) is 0 Å². The lowest BCUT2D eigenvalue weighted by molar-refractivity contribution is 0.284. The molecule has 0 heterocycles. The lowest BCUT2D eigenvalue weighted by Crippen LogP contribution is -2.13. The smallest absolute Gasteiger partial charge is 0.162 e. The summed E-state index contributed by atoms with van der Waals surface area (Å²) >= 11 is 3.60. The summed E-state index contributed by atoms with van der Waals surface area (Å²) in [4.78, 5) is 0. The van der Waals surface area contributed by atoms with Gasteiger partial charge in [-0.2, -0.15) is 0 Å². The van der Waals surface area contributed by atoms with E-state index in [9.17, 15) is 0 Å². The molecule has 23 heavy (non-hydrogen) atoms. The Balaban J connectivity index is 2.09. The fourth-order valence-corrected chi connectivity index (χ4v) is 2.60. The number of halogens is 1. The highest BCUT2D eigenvalue weighted by molar-refractivity contribution is 9.10. The SMILES string of the molecule is C=CCNCc1cc(OC)c(OCc2ccc(C)cc2)cc1Br. The molecule has 0 atom stereocenters. The number of aryl methyl sites for hydroxylation is 1. The first-order valence-corrected chi connectivity index (χ1v) is 8.29. The van der Waals surface area contributed by atoms with Gasteiger partial charge in [-0.25, -0.2) is 0 Å². The van der Waals surface area contributed by atoms with Crippen LogP contribution in [0.1, 0.15) is 16.7 Å². The van der Waals surface area contributed by atoms with Gasteiger partial charge < -0.3 is 14.8 Å². The first kappa shape index (κ1) is 17.6. The molecule has 3 nitrogen and oxygen atoms in total. The standard InChI is InChI=1S/C19H22BrNO2/c1-4-9-21-12-16-10-18(22-3)19(11-17(16)20)23-13-15-7-5-14(2)6-8-15/h4-8,10-11,21H,1,9,12-13H2,2-3H3. The lowest BCUT2D eigenvalue weighted by Gasteiger charge is -2.14. The van der Waals surface area contributed by atoms with E-state index in [0.29, 0.717) is 6.61 Å². The largest absolute Gasteiger partial charge is 0.493 e. The number of ether oxygens (including phenoxy) is 2. The lowest BCUT2D eigenvalue weighted by atomic mass is 10.1. The van der Waals surface area contributed by atoms with Crippen molar-refractivity contribution in [2.75, 3.05) is 13.7 Å². The van der Waals surface area contributed by atoms with Crippen molar-refractivity contribution in [2.45, 2.75) is 20.1 Å². The van der Waals surface area contributed by atoms with Gasteiger partial charge in [-0.3, -0.25) is 0 Å². The van der Waals surface area contributed by atoms with Crippen molar-refractivity contribution in [3.8, 4) is 11.5 Å². The van der Waals surface area contributed by atoms with E-state index < -0.39 is 0 Å². The molecule has 0 aliphatic carbocycles. The van der Waals surface area contributed by atoms with E-state index in [-0.39, 0.29) is 0 Å². The minimum absolute atomic E-state index is 0.511. The molecule has 0 unspecified atom stereocenters. The predicted octanol–water partition coefficient (Wildman–Crippen LogP) is 4.62. The fraction of sp³-hybridized carbons (Fsp3) is 0.263. The van der Waals surface area contributed by atoms with Crippen molar-refractivity contribution in [3.63, 3.8) is 0 Å². The molecule has 0 saturated carbocycles. The summed E-state index contributed by atoms with van der Waals surface area (Å²) in [6.07, 6.45) is 1.84. The van der Waals surface area contributed by atoms with Gasteiger partial charge in [0, 0.05) is 17.6 Å². The highest BCUT2D eigenvalue weighted by atomic mass is 79.9. The van der Waals surface area contributed by atoms with Crippen LogP contribution in [0.2, 0.25) is 0 Å². The van der Waals surface area contributed by atoms with Crippen LogP contribution in [0.4, 0.5) is 0 Å². The van der Waals surface area contributed by atoms with Gasteiger partial charge in [-0.15, -0.1) is 6.58 Å². The molecule has 2 aromatic rings. The predicted molar refractivity (Wildman–Crippen MR) is 98.1 cm³/mol. The van der Waals surface area contributed by atoms with Gasteiger partial charge >= 0.3 is 0 Å². The van der Waals surface area contributed by atoms with Crippen LogP contribution in [-0.2, 0) is 13.2 Å². The Hall–Kier alpha value is -1.78. The normalized spacial score (nSPS) is 10.4. The molecule has 0 amide bonds. The van der Waals surface area contributed by atoms with Crippen LogP contribution in [0.5, 0.6) is 11.5 Å². The van der Waals surface area contributed by atoms with Gasteiger partial charge in [0.1, 0.15) is 6.61 Å². The number of hydrogen-bond acceptors (Lipinski definition) is 3. The van der Waals surface area contributed by atoms with Gasteiger partial charge in [-0.05, 0) is 30.2 Å². The van der Waals surface area contributed by atoms with E-state index in [1.807, 2.05) is 18.2 Å². The highest BCUT2D eigenvalue weighted by Gasteiger charge is 2.10. The van der Waals surface area contributed by atoms with E-state index >= 15 is 0 Å². The zero-order valence-corrected chi connectivity index (χ0v) is 15.2. The monoisotopic (exact) mass is 375 g/mol.